The molecule has 4 heteroatoms. The number of benzene rings is 2. The van der Waals surface area contributed by atoms with Crippen LogP contribution >= 0.6 is 0 Å². The maximum atomic E-state index is 6.16. The van der Waals surface area contributed by atoms with Crippen molar-refractivity contribution < 1.29 is 4.42 Å². The minimum absolute atomic E-state index is 0.355. The van der Waals surface area contributed by atoms with Gasteiger partial charge in [0.2, 0.25) is 0 Å². The second-order valence-corrected chi connectivity index (χ2v) is 7.16. The Morgan fingerprint density at radius 3 is 2.44 bits per heavy atom. The molecule has 0 saturated carbocycles. The summed E-state index contributed by atoms with van der Waals surface area (Å²) in [6.45, 7) is 8.87. The van der Waals surface area contributed by atoms with E-state index in [1.165, 1.54) is 26.9 Å². The van der Waals surface area contributed by atoms with Gasteiger partial charge in [0.15, 0.2) is 0 Å². The Kier molecular flexibility index (Phi) is 4.73. The smallest absolute Gasteiger partial charge is 0.136 e. The second kappa shape index (κ2) is 6.81. The van der Waals surface area contributed by atoms with Crippen molar-refractivity contribution in [3.05, 3.63) is 53.9 Å². The highest BCUT2D eigenvalue weighted by atomic mass is 16.3. The lowest BCUT2D eigenvalue weighted by Crippen LogP contribution is -2.19. The number of anilines is 1. The SMILES string of the molecule is CC(C)c1cc2oc3ccccc3c2c(C(C)C)c1N/C=C\N(C)N. The Balaban J connectivity index is 2.34. The zero-order chi connectivity index (χ0) is 18.1. The monoisotopic (exact) mass is 337 g/mol. The first kappa shape index (κ1) is 17.4. The molecule has 0 spiro atoms. The van der Waals surface area contributed by atoms with Gasteiger partial charge >= 0.3 is 0 Å². The molecule has 1 aromatic heterocycles. The van der Waals surface area contributed by atoms with Gasteiger partial charge in [-0.25, -0.2) is 5.84 Å². The van der Waals surface area contributed by atoms with Crippen molar-refractivity contribution >= 4 is 27.6 Å². The van der Waals surface area contributed by atoms with Crippen LogP contribution < -0.4 is 11.2 Å². The number of para-hydroxylation sites is 1. The number of hydrogen-bond acceptors (Lipinski definition) is 4. The first-order chi connectivity index (χ1) is 11.9. The van der Waals surface area contributed by atoms with Gasteiger partial charge in [0.05, 0.1) is 0 Å². The number of nitrogens with one attached hydrogen (secondary N) is 1. The molecule has 3 rings (SSSR count). The third-order valence-corrected chi connectivity index (χ3v) is 4.47. The average molecular weight is 337 g/mol. The van der Waals surface area contributed by atoms with Crippen molar-refractivity contribution in [2.75, 3.05) is 12.4 Å². The molecule has 1 heterocycles. The normalized spacial score (nSPS) is 12.2. The minimum Gasteiger partial charge on any atom is -0.456 e. The largest absolute Gasteiger partial charge is 0.456 e. The van der Waals surface area contributed by atoms with Crippen LogP contribution in [0.5, 0.6) is 0 Å². The van der Waals surface area contributed by atoms with Gasteiger partial charge in [-0.05, 0) is 35.1 Å². The third-order valence-electron chi connectivity index (χ3n) is 4.47. The van der Waals surface area contributed by atoms with E-state index in [4.69, 9.17) is 10.3 Å². The topological polar surface area (TPSA) is 54.4 Å². The second-order valence-electron chi connectivity index (χ2n) is 7.16. The summed E-state index contributed by atoms with van der Waals surface area (Å²) in [5.74, 6) is 6.42. The van der Waals surface area contributed by atoms with Gasteiger partial charge in [0, 0.05) is 35.9 Å². The number of rotatable bonds is 5. The highest BCUT2D eigenvalue weighted by Crippen LogP contribution is 2.42. The van der Waals surface area contributed by atoms with Crippen LogP contribution in [0.4, 0.5) is 5.69 Å². The van der Waals surface area contributed by atoms with E-state index in [1.54, 1.807) is 7.05 Å². The van der Waals surface area contributed by atoms with Crippen LogP contribution in [0, 0.1) is 0 Å². The molecule has 0 saturated heterocycles. The molecule has 0 bridgehead atoms. The van der Waals surface area contributed by atoms with Crippen molar-refractivity contribution in [2.45, 2.75) is 39.5 Å². The Labute approximate surface area is 149 Å². The number of furan rings is 1. The van der Waals surface area contributed by atoms with Crippen LogP contribution in [-0.4, -0.2) is 12.1 Å². The van der Waals surface area contributed by atoms with Gasteiger partial charge in [-0.1, -0.05) is 45.9 Å². The summed E-state index contributed by atoms with van der Waals surface area (Å²) in [5.41, 5.74) is 5.58. The van der Waals surface area contributed by atoms with Crippen LogP contribution in [0.15, 0.2) is 47.1 Å². The van der Waals surface area contributed by atoms with E-state index in [0.29, 0.717) is 11.8 Å². The van der Waals surface area contributed by atoms with Gasteiger partial charge in [-0.3, -0.25) is 0 Å². The Morgan fingerprint density at radius 2 is 1.80 bits per heavy atom. The summed E-state index contributed by atoms with van der Waals surface area (Å²) >= 11 is 0. The van der Waals surface area contributed by atoms with E-state index >= 15 is 0 Å². The molecule has 0 fully saturated rings. The maximum absolute atomic E-state index is 6.16. The zero-order valence-electron chi connectivity index (χ0n) is 15.6. The molecule has 3 N–H and O–H groups in total. The summed E-state index contributed by atoms with van der Waals surface area (Å²) in [4.78, 5) is 0. The molecule has 25 heavy (non-hydrogen) atoms. The van der Waals surface area contributed by atoms with Crippen molar-refractivity contribution in [1.82, 2.24) is 5.01 Å². The number of nitrogens with two attached hydrogens (primary N) is 1. The molecule has 0 radical (unpaired) electrons. The van der Waals surface area contributed by atoms with E-state index in [2.05, 4.69) is 51.2 Å². The van der Waals surface area contributed by atoms with Crippen LogP contribution in [0.1, 0.15) is 50.7 Å². The lowest BCUT2D eigenvalue weighted by Gasteiger charge is -2.21. The Bertz CT molecular complexity index is 920. The molecule has 3 aromatic rings. The Morgan fingerprint density at radius 1 is 1.08 bits per heavy atom. The van der Waals surface area contributed by atoms with Crippen LogP contribution in [-0.2, 0) is 0 Å². The summed E-state index contributed by atoms with van der Waals surface area (Å²) in [7, 11) is 1.80. The molecular weight excluding hydrogens is 310 g/mol. The van der Waals surface area contributed by atoms with Gasteiger partial charge in [-0.2, -0.15) is 0 Å². The fourth-order valence-corrected chi connectivity index (χ4v) is 3.37. The van der Waals surface area contributed by atoms with Crippen LogP contribution in [0.25, 0.3) is 21.9 Å². The number of fused-ring (bicyclic) bond motifs is 3. The molecule has 0 amide bonds. The highest BCUT2D eigenvalue weighted by molar-refractivity contribution is 6.09. The lowest BCUT2D eigenvalue weighted by molar-refractivity contribution is 0.484. The van der Waals surface area contributed by atoms with Gasteiger partial charge < -0.3 is 14.7 Å². The molecule has 0 atom stereocenters. The van der Waals surface area contributed by atoms with Crippen molar-refractivity contribution in [3.63, 3.8) is 0 Å². The molecule has 4 nitrogen and oxygen atoms in total. The Hall–Kier alpha value is -2.46. The van der Waals surface area contributed by atoms with E-state index in [1.807, 2.05) is 24.5 Å². The quantitative estimate of drug-likeness (QED) is 0.475. The average Bonchev–Trinajstić information content (AvgIpc) is 2.91. The molecule has 0 unspecified atom stereocenters. The summed E-state index contributed by atoms with van der Waals surface area (Å²) in [6.07, 6.45) is 3.70. The first-order valence-electron chi connectivity index (χ1n) is 8.79. The third kappa shape index (κ3) is 3.22. The molecule has 0 aliphatic rings. The number of nitrogens with zero attached hydrogens (tertiary/aromatic N) is 1. The van der Waals surface area contributed by atoms with E-state index < -0.39 is 0 Å². The predicted molar refractivity (Wildman–Crippen MR) is 107 cm³/mol. The van der Waals surface area contributed by atoms with E-state index in [-0.39, 0.29) is 0 Å². The standard InChI is InChI=1S/C21H27N3O/c1-13(2)16-12-18-20(15-8-6-7-9-17(15)25-18)19(14(3)4)21(16)23-10-11-24(5)22/h6-14,23H,22H2,1-5H3/b11-10-. The number of hydrogen-bond donors (Lipinski definition) is 2. The van der Waals surface area contributed by atoms with E-state index in [0.717, 1.165) is 16.9 Å². The lowest BCUT2D eigenvalue weighted by atomic mass is 9.89. The molecular formula is C21H27N3O. The summed E-state index contributed by atoms with van der Waals surface area (Å²) in [5, 5.41) is 7.38. The summed E-state index contributed by atoms with van der Waals surface area (Å²) in [6, 6.07) is 10.4. The first-order valence-corrected chi connectivity index (χ1v) is 8.79. The van der Waals surface area contributed by atoms with Crippen molar-refractivity contribution in [1.29, 1.82) is 0 Å². The number of hydrazine groups is 1. The highest BCUT2D eigenvalue weighted by Gasteiger charge is 2.21. The minimum atomic E-state index is 0.355. The predicted octanol–water partition coefficient (Wildman–Crippen LogP) is 5.52. The molecule has 2 aromatic carbocycles. The molecule has 0 aliphatic carbocycles. The maximum Gasteiger partial charge on any atom is 0.136 e. The van der Waals surface area contributed by atoms with Crippen molar-refractivity contribution in [3.8, 4) is 0 Å². The fraction of sp³-hybridized carbons (Fsp3) is 0.333. The fourth-order valence-electron chi connectivity index (χ4n) is 3.37. The van der Waals surface area contributed by atoms with Gasteiger partial charge in [0.25, 0.3) is 0 Å². The molecule has 132 valence electrons. The van der Waals surface area contributed by atoms with Crippen molar-refractivity contribution in [2.24, 2.45) is 5.84 Å². The van der Waals surface area contributed by atoms with Crippen LogP contribution in [0.2, 0.25) is 0 Å². The van der Waals surface area contributed by atoms with Gasteiger partial charge in [-0.15, -0.1) is 0 Å². The van der Waals surface area contributed by atoms with E-state index in [9.17, 15) is 0 Å². The zero-order valence-corrected chi connectivity index (χ0v) is 15.6. The van der Waals surface area contributed by atoms with Gasteiger partial charge in [0.1, 0.15) is 11.2 Å². The van der Waals surface area contributed by atoms with Crippen LogP contribution in [0.3, 0.4) is 0 Å². The summed E-state index contributed by atoms with van der Waals surface area (Å²) < 4.78 is 6.16. The molecule has 0 aliphatic heterocycles.